The zero-order valence-electron chi connectivity index (χ0n) is 13.2. The van der Waals surface area contributed by atoms with Crippen LogP contribution in [0.1, 0.15) is 47.7 Å². The van der Waals surface area contributed by atoms with Gasteiger partial charge in [0.25, 0.3) is 0 Å². The van der Waals surface area contributed by atoms with Gasteiger partial charge in [-0.25, -0.2) is 4.79 Å². The number of ether oxygens (including phenoxy) is 2. The van der Waals surface area contributed by atoms with Crippen molar-refractivity contribution in [3.05, 3.63) is 59.2 Å². The summed E-state index contributed by atoms with van der Waals surface area (Å²) in [6.07, 6.45) is 3.81. The fourth-order valence-electron chi connectivity index (χ4n) is 2.69. The molecule has 1 aliphatic rings. The van der Waals surface area contributed by atoms with Gasteiger partial charge in [0.2, 0.25) is 0 Å². The summed E-state index contributed by atoms with van der Waals surface area (Å²) in [6, 6.07) is 13.5. The standard InChI is InChI=1S/C19H20O3.Mo/c1-2-3-6-12-21-19(20)15-9-7-11-18-16(15)13-14-8-4-5-10-17(14)22-18;/h4-5,7-11H,2-3,6,12-13H2,1H3;. The van der Waals surface area contributed by atoms with E-state index in [0.29, 0.717) is 18.6 Å². The summed E-state index contributed by atoms with van der Waals surface area (Å²) in [5.74, 6) is 1.36. The Bertz CT molecular complexity index is 682. The number of carbonyl (C=O) groups is 1. The predicted molar refractivity (Wildman–Crippen MR) is 85.6 cm³/mol. The van der Waals surface area contributed by atoms with E-state index in [4.69, 9.17) is 9.47 Å². The zero-order chi connectivity index (χ0) is 15.4. The van der Waals surface area contributed by atoms with E-state index in [0.717, 1.165) is 41.9 Å². The normalized spacial score (nSPS) is 11.5. The molecule has 1 aliphatic heterocycles. The Morgan fingerprint density at radius 1 is 1.09 bits per heavy atom. The molecule has 0 bridgehead atoms. The molecule has 0 radical (unpaired) electrons. The smallest absolute Gasteiger partial charge is 0.338 e. The van der Waals surface area contributed by atoms with Gasteiger partial charge in [0.05, 0.1) is 12.2 Å². The first kappa shape index (κ1) is 17.7. The second-order valence-corrected chi connectivity index (χ2v) is 5.51. The number of rotatable bonds is 5. The molecule has 23 heavy (non-hydrogen) atoms. The van der Waals surface area contributed by atoms with E-state index in [1.807, 2.05) is 42.5 Å². The van der Waals surface area contributed by atoms with Crippen LogP contribution >= 0.6 is 0 Å². The molecule has 0 saturated carbocycles. The van der Waals surface area contributed by atoms with E-state index in [9.17, 15) is 4.79 Å². The molecule has 0 unspecified atom stereocenters. The van der Waals surface area contributed by atoms with Crippen molar-refractivity contribution in [1.82, 2.24) is 0 Å². The zero-order valence-corrected chi connectivity index (χ0v) is 15.2. The Morgan fingerprint density at radius 2 is 1.87 bits per heavy atom. The van der Waals surface area contributed by atoms with Crippen LogP contribution in [-0.2, 0) is 32.2 Å². The van der Waals surface area contributed by atoms with Crippen LogP contribution in [0.4, 0.5) is 0 Å². The Kier molecular flexibility index (Phi) is 6.41. The van der Waals surface area contributed by atoms with Crippen molar-refractivity contribution in [2.45, 2.75) is 32.6 Å². The molecule has 2 aromatic rings. The first-order chi connectivity index (χ1) is 10.8. The van der Waals surface area contributed by atoms with Crippen molar-refractivity contribution in [3.63, 3.8) is 0 Å². The summed E-state index contributed by atoms with van der Waals surface area (Å²) in [5, 5.41) is 0. The summed E-state index contributed by atoms with van der Waals surface area (Å²) in [5.41, 5.74) is 2.63. The van der Waals surface area contributed by atoms with Gasteiger partial charge in [-0.15, -0.1) is 0 Å². The van der Waals surface area contributed by atoms with Gasteiger partial charge in [-0.2, -0.15) is 0 Å². The Labute approximate surface area is 151 Å². The molecule has 0 N–H and O–H groups in total. The molecule has 0 saturated heterocycles. The van der Waals surface area contributed by atoms with Gasteiger partial charge in [0, 0.05) is 33.0 Å². The van der Waals surface area contributed by atoms with Crippen LogP contribution in [0.3, 0.4) is 0 Å². The molecule has 2 aromatic carbocycles. The minimum atomic E-state index is -0.254. The SMILES string of the molecule is CCCCCOC(=O)c1cccc2c1Cc1ccccc1O2.[Mo]. The first-order valence-corrected chi connectivity index (χ1v) is 7.84. The first-order valence-electron chi connectivity index (χ1n) is 7.84. The van der Waals surface area contributed by atoms with E-state index < -0.39 is 0 Å². The number of carbonyl (C=O) groups excluding carboxylic acids is 1. The number of benzene rings is 2. The molecule has 0 fully saturated rings. The minimum Gasteiger partial charge on any atom is -0.462 e. The van der Waals surface area contributed by atoms with Gasteiger partial charge in [0.1, 0.15) is 11.5 Å². The van der Waals surface area contributed by atoms with Crippen molar-refractivity contribution < 1.29 is 35.3 Å². The maximum Gasteiger partial charge on any atom is 0.338 e. The Hall–Kier alpha value is -1.60. The number of fused-ring (bicyclic) bond motifs is 2. The van der Waals surface area contributed by atoms with E-state index >= 15 is 0 Å². The van der Waals surface area contributed by atoms with E-state index in [1.165, 1.54) is 0 Å². The monoisotopic (exact) mass is 394 g/mol. The third-order valence-electron chi connectivity index (χ3n) is 3.89. The topological polar surface area (TPSA) is 35.5 Å². The molecule has 0 aromatic heterocycles. The summed E-state index contributed by atoms with van der Waals surface area (Å²) >= 11 is 0. The summed E-state index contributed by atoms with van der Waals surface area (Å²) in [7, 11) is 0. The fourth-order valence-corrected chi connectivity index (χ4v) is 2.69. The number of esters is 1. The van der Waals surface area contributed by atoms with Crippen molar-refractivity contribution in [1.29, 1.82) is 0 Å². The van der Waals surface area contributed by atoms with Gasteiger partial charge in [-0.1, -0.05) is 44.0 Å². The second-order valence-electron chi connectivity index (χ2n) is 5.51. The number of unbranched alkanes of at least 4 members (excludes halogenated alkanes) is 2. The van der Waals surface area contributed by atoms with Crippen molar-refractivity contribution >= 4 is 5.97 Å². The van der Waals surface area contributed by atoms with Crippen LogP contribution in [0.2, 0.25) is 0 Å². The fraction of sp³-hybridized carbons (Fsp3) is 0.316. The van der Waals surface area contributed by atoms with Crippen LogP contribution in [-0.4, -0.2) is 12.6 Å². The third-order valence-corrected chi connectivity index (χ3v) is 3.89. The second kappa shape index (κ2) is 8.31. The Balaban J connectivity index is 0.00000192. The molecule has 0 aliphatic carbocycles. The van der Waals surface area contributed by atoms with Crippen LogP contribution in [0.15, 0.2) is 42.5 Å². The summed E-state index contributed by atoms with van der Waals surface area (Å²) in [4.78, 5) is 12.3. The molecule has 0 amide bonds. The largest absolute Gasteiger partial charge is 0.462 e. The quantitative estimate of drug-likeness (QED) is 0.358. The van der Waals surface area contributed by atoms with Crippen LogP contribution in [0.5, 0.6) is 11.5 Å². The van der Waals surface area contributed by atoms with Gasteiger partial charge >= 0.3 is 5.97 Å². The van der Waals surface area contributed by atoms with Gasteiger partial charge in [0.15, 0.2) is 0 Å². The minimum absolute atomic E-state index is 0. The van der Waals surface area contributed by atoms with Crippen molar-refractivity contribution in [2.24, 2.45) is 0 Å². The number of hydrogen-bond acceptors (Lipinski definition) is 3. The van der Waals surface area contributed by atoms with Crippen molar-refractivity contribution in [3.8, 4) is 11.5 Å². The molecule has 1 heterocycles. The third kappa shape index (κ3) is 4.03. The van der Waals surface area contributed by atoms with Crippen LogP contribution < -0.4 is 4.74 Å². The average molecular weight is 392 g/mol. The van der Waals surface area contributed by atoms with Crippen molar-refractivity contribution in [2.75, 3.05) is 6.61 Å². The molecular formula is C19H20MoO3. The maximum atomic E-state index is 12.3. The number of hydrogen-bond donors (Lipinski definition) is 0. The van der Waals surface area contributed by atoms with Gasteiger partial charge in [-0.05, 0) is 30.2 Å². The molecule has 3 rings (SSSR count). The maximum absolute atomic E-state index is 12.3. The van der Waals surface area contributed by atoms with E-state index in [1.54, 1.807) is 0 Å². The average Bonchev–Trinajstić information content (AvgIpc) is 2.56. The molecular weight excluding hydrogens is 372 g/mol. The molecule has 0 atom stereocenters. The van der Waals surface area contributed by atoms with Gasteiger partial charge in [-0.3, -0.25) is 0 Å². The van der Waals surface area contributed by atoms with E-state index in [-0.39, 0.29) is 27.0 Å². The number of para-hydroxylation sites is 1. The van der Waals surface area contributed by atoms with Gasteiger partial charge < -0.3 is 9.47 Å². The molecule has 0 spiro atoms. The van der Waals surface area contributed by atoms with E-state index in [2.05, 4.69) is 6.92 Å². The summed E-state index contributed by atoms with van der Waals surface area (Å²) < 4.78 is 11.3. The summed E-state index contributed by atoms with van der Waals surface area (Å²) in [6.45, 7) is 2.61. The Morgan fingerprint density at radius 3 is 2.70 bits per heavy atom. The van der Waals surface area contributed by atoms with Crippen LogP contribution in [0, 0.1) is 0 Å². The molecule has 120 valence electrons. The molecule has 4 heteroatoms. The predicted octanol–water partition coefficient (Wildman–Crippen LogP) is 4.73. The van der Waals surface area contributed by atoms with Crippen LogP contribution in [0.25, 0.3) is 0 Å². The molecule has 3 nitrogen and oxygen atoms in total.